The van der Waals surface area contributed by atoms with Crippen LogP contribution in [0.1, 0.15) is 22.3 Å². The number of hydrogen-bond donors (Lipinski definition) is 2. The van der Waals surface area contributed by atoms with Crippen LogP contribution in [-0.2, 0) is 18.0 Å². The fourth-order valence-electron chi connectivity index (χ4n) is 2.88. The third-order valence-electron chi connectivity index (χ3n) is 4.23. The molecule has 0 fully saturated rings. The second-order valence-electron chi connectivity index (χ2n) is 5.93. The van der Waals surface area contributed by atoms with Crippen molar-refractivity contribution in [2.24, 2.45) is 0 Å². The third kappa shape index (κ3) is 3.40. The Morgan fingerprint density at radius 1 is 0.889 bits per heavy atom. The van der Waals surface area contributed by atoms with Crippen LogP contribution in [-0.4, -0.2) is 9.97 Å². The standard InChI is InChI=1S/C20H14N6O/c21-9-13-1-4-15(5-2-13)24-20-23-8-7-19(26-20)25-18-6-3-14(10-22)16-11-27-12-17(16)18/h1-8H,11-12H2,(H2,23,24,25,26). The summed E-state index contributed by atoms with van der Waals surface area (Å²) >= 11 is 0. The number of rotatable bonds is 4. The zero-order valence-corrected chi connectivity index (χ0v) is 14.2. The lowest BCUT2D eigenvalue weighted by atomic mass is 10.0. The number of anilines is 4. The molecule has 0 saturated carbocycles. The SMILES string of the molecule is N#Cc1ccc(Nc2nccc(Nc3ccc(C#N)c4c3COC4)n2)cc1. The number of aromatic nitrogens is 2. The van der Waals surface area contributed by atoms with Crippen LogP contribution in [0.3, 0.4) is 0 Å². The highest BCUT2D eigenvalue weighted by atomic mass is 16.5. The van der Waals surface area contributed by atoms with Crippen LogP contribution < -0.4 is 10.6 Å². The third-order valence-corrected chi connectivity index (χ3v) is 4.23. The van der Waals surface area contributed by atoms with E-state index < -0.39 is 0 Å². The molecule has 0 unspecified atom stereocenters. The molecule has 0 spiro atoms. The summed E-state index contributed by atoms with van der Waals surface area (Å²) < 4.78 is 5.50. The Balaban J connectivity index is 1.56. The van der Waals surface area contributed by atoms with Crippen LogP contribution in [0.25, 0.3) is 0 Å². The van der Waals surface area contributed by atoms with Crippen LogP contribution in [0, 0.1) is 22.7 Å². The van der Waals surface area contributed by atoms with Gasteiger partial charge in [0.05, 0.1) is 36.5 Å². The van der Waals surface area contributed by atoms with Gasteiger partial charge in [0.25, 0.3) is 0 Å². The quantitative estimate of drug-likeness (QED) is 0.735. The molecule has 2 aromatic carbocycles. The molecule has 0 aliphatic carbocycles. The first-order chi connectivity index (χ1) is 13.3. The number of nitriles is 2. The highest BCUT2D eigenvalue weighted by molar-refractivity contribution is 5.66. The number of fused-ring (bicyclic) bond motifs is 1. The summed E-state index contributed by atoms with van der Waals surface area (Å²) in [5, 5.41) is 24.5. The molecule has 0 saturated heterocycles. The molecular weight excluding hydrogens is 340 g/mol. The average Bonchev–Trinajstić information content (AvgIpc) is 3.20. The zero-order valence-electron chi connectivity index (χ0n) is 14.2. The Morgan fingerprint density at radius 2 is 1.70 bits per heavy atom. The molecule has 2 heterocycles. The Morgan fingerprint density at radius 3 is 2.48 bits per heavy atom. The summed E-state index contributed by atoms with van der Waals surface area (Å²) in [6.07, 6.45) is 1.65. The van der Waals surface area contributed by atoms with E-state index in [-0.39, 0.29) is 0 Å². The van der Waals surface area contributed by atoms with E-state index in [4.69, 9.17) is 10.00 Å². The van der Waals surface area contributed by atoms with Gasteiger partial charge in [-0.2, -0.15) is 15.5 Å². The first kappa shape index (κ1) is 16.5. The predicted octanol–water partition coefficient (Wildman–Crippen LogP) is 3.74. The van der Waals surface area contributed by atoms with E-state index >= 15 is 0 Å². The van der Waals surface area contributed by atoms with Crippen molar-refractivity contribution in [3.63, 3.8) is 0 Å². The minimum atomic E-state index is 0.436. The molecular formula is C20H14N6O. The lowest BCUT2D eigenvalue weighted by molar-refractivity contribution is 0.134. The van der Waals surface area contributed by atoms with Crippen molar-refractivity contribution in [1.29, 1.82) is 10.5 Å². The Kier molecular flexibility index (Phi) is 4.36. The second kappa shape index (κ2) is 7.12. The molecule has 2 N–H and O–H groups in total. The van der Waals surface area contributed by atoms with Gasteiger partial charge < -0.3 is 15.4 Å². The minimum absolute atomic E-state index is 0.436. The maximum absolute atomic E-state index is 9.22. The lowest BCUT2D eigenvalue weighted by Gasteiger charge is -2.12. The van der Waals surface area contributed by atoms with Crippen molar-refractivity contribution in [3.05, 3.63) is 70.9 Å². The first-order valence-corrected chi connectivity index (χ1v) is 8.26. The monoisotopic (exact) mass is 354 g/mol. The van der Waals surface area contributed by atoms with Gasteiger partial charge in [-0.1, -0.05) is 0 Å². The molecule has 27 heavy (non-hydrogen) atoms. The van der Waals surface area contributed by atoms with Gasteiger partial charge in [-0.15, -0.1) is 0 Å². The molecule has 4 rings (SSSR count). The highest BCUT2D eigenvalue weighted by Crippen LogP contribution is 2.31. The van der Waals surface area contributed by atoms with Crippen molar-refractivity contribution in [1.82, 2.24) is 9.97 Å². The first-order valence-electron chi connectivity index (χ1n) is 8.26. The molecule has 130 valence electrons. The smallest absolute Gasteiger partial charge is 0.229 e. The second-order valence-corrected chi connectivity index (χ2v) is 5.93. The van der Waals surface area contributed by atoms with Crippen LogP contribution in [0.2, 0.25) is 0 Å². The fourth-order valence-corrected chi connectivity index (χ4v) is 2.88. The van der Waals surface area contributed by atoms with Gasteiger partial charge in [-0.25, -0.2) is 4.98 Å². The van der Waals surface area contributed by atoms with Gasteiger partial charge in [0, 0.05) is 28.7 Å². The Hall–Kier alpha value is -3.94. The van der Waals surface area contributed by atoms with Crippen molar-refractivity contribution in [2.75, 3.05) is 10.6 Å². The van der Waals surface area contributed by atoms with Gasteiger partial charge in [-0.3, -0.25) is 0 Å². The maximum Gasteiger partial charge on any atom is 0.229 e. The highest BCUT2D eigenvalue weighted by Gasteiger charge is 2.19. The van der Waals surface area contributed by atoms with E-state index in [1.165, 1.54) is 0 Å². The number of ether oxygens (including phenoxy) is 1. The lowest BCUT2D eigenvalue weighted by Crippen LogP contribution is -2.02. The average molecular weight is 354 g/mol. The van der Waals surface area contributed by atoms with Crippen LogP contribution in [0.15, 0.2) is 48.7 Å². The van der Waals surface area contributed by atoms with E-state index in [2.05, 4.69) is 32.7 Å². The topological polar surface area (TPSA) is 107 Å². The van der Waals surface area contributed by atoms with Crippen molar-refractivity contribution >= 4 is 23.1 Å². The van der Waals surface area contributed by atoms with E-state index in [9.17, 15) is 5.26 Å². The number of nitrogens with one attached hydrogen (secondary N) is 2. The summed E-state index contributed by atoms with van der Waals surface area (Å²) in [6.45, 7) is 0.914. The Labute approximate surface area is 155 Å². The van der Waals surface area contributed by atoms with E-state index in [1.807, 2.05) is 6.07 Å². The molecule has 7 heteroatoms. The minimum Gasteiger partial charge on any atom is -0.372 e. The molecule has 0 atom stereocenters. The van der Waals surface area contributed by atoms with Gasteiger partial charge >= 0.3 is 0 Å². The van der Waals surface area contributed by atoms with Crippen molar-refractivity contribution < 1.29 is 4.74 Å². The van der Waals surface area contributed by atoms with Gasteiger partial charge in [0.15, 0.2) is 0 Å². The summed E-state index contributed by atoms with van der Waals surface area (Å²) in [6, 6.07) is 16.7. The molecule has 1 aromatic heterocycles. The van der Waals surface area contributed by atoms with E-state index in [0.29, 0.717) is 36.1 Å². The van der Waals surface area contributed by atoms with Gasteiger partial charge in [0.2, 0.25) is 5.95 Å². The normalized spacial score (nSPS) is 11.9. The van der Waals surface area contributed by atoms with Crippen LogP contribution in [0.5, 0.6) is 0 Å². The number of benzene rings is 2. The van der Waals surface area contributed by atoms with Crippen molar-refractivity contribution in [2.45, 2.75) is 13.2 Å². The summed E-state index contributed by atoms with van der Waals surface area (Å²) in [4.78, 5) is 8.69. The predicted molar refractivity (Wildman–Crippen MR) is 99.4 cm³/mol. The number of nitrogens with zero attached hydrogens (tertiary/aromatic N) is 4. The molecule has 3 aromatic rings. The zero-order chi connectivity index (χ0) is 18.6. The van der Waals surface area contributed by atoms with Crippen LogP contribution >= 0.6 is 0 Å². The largest absolute Gasteiger partial charge is 0.372 e. The molecule has 1 aliphatic rings. The molecule has 7 nitrogen and oxygen atoms in total. The van der Waals surface area contributed by atoms with Gasteiger partial charge in [0.1, 0.15) is 5.82 Å². The molecule has 0 amide bonds. The summed E-state index contributed by atoms with van der Waals surface area (Å²) in [5.41, 5.74) is 4.79. The van der Waals surface area contributed by atoms with Crippen LogP contribution in [0.4, 0.5) is 23.1 Å². The fraction of sp³-hybridized carbons (Fsp3) is 0.100. The molecule has 0 radical (unpaired) electrons. The Bertz CT molecular complexity index is 1080. The van der Waals surface area contributed by atoms with Crippen molar-refractivity contribution in [3.8, 4) is 12.1 Å². The molecule has 0 bridgehead atoms. The molecule has 1 aliphatic heterocycles. The summed E-state index contributed by atoms with van der Waals surface area (Å²) in [5.74, 6) is 1.06. The van der Waals surface area contributed by atoms with E-state index in [1.54, 1.807) is 42.6 Å². The van der Waals surface area contributed by atoms with Gasteiger partial charge in [-0.05, 0) is 42.5 Å². The maximum atomic E-state index is 9.22. The van der Waals surface area contributed by atoms with E-state index in [0.717, 1.165) is 22.5 Å². The number of hydrogen-bond acceptors (Lipinski definition) is 7. The summed E-state index contributed by atoms with van der Waals surface area (Å²) in [7, 11) is 0.